The third-order valence-electron chi connectivity index (χ3n) is 3.05. The fourth-order valence-electron chi connectivity index (χ4n) is 1.67. The van der Waals surface area contributed by atoms with Crippen molar-refractivity contribution in [2.45, 2.75) is 40.0 Å². The molecule has 0 fully saturated rings. The SMILES string of the molecule is Cc1ccc(Oc2nc(C(C)(C)C)nc(N)c2C)cc1. The first kappa shape index (κ1) is 14.3. The van der Waals surface area contributed by atoms with Crippen LogP contribution in [0.15, 0.2) is 24.3 Å². The van der Waals surface area contributed by atoms with Gasteiger partial charge < -0.3 is 10.5 Å². The minimum Gasteiger partial charge on any atom is -0.439 e. The van der Waals surface area contributed by atoms with Crippen LogP contribution in [0.25, 0.3) is 0 Å². The average Bonchev–Trinajstić information content (AvgIpc) is 2.36. The summed E-state index contributed by atoms with van der Waals surface area (Å²) in [6, 6.07) is 7.84. The molecule has 20 heavy (non-hydrogen) atoms. The van der Waals surface area contributed by atoms with Gasteiger partial charge in [-0.3, -0.25) is 0 Å². The molecule has 1 heterocycles. The molecule has 4 heteroatoms. The number of nitrogen functional groups attached to an aromatic ring is 1. The van der Waals surface area contributed by atoms with Crippen molar-refractivity contribution in [3.63, 3.8) is 0 Å². The van der Waals surface area contributed by atoms with Crippen LogP contribution in [0.4, 0.5) is 5.82 Å². The van der Waals surface area contributed by atoms with Gasteiger partial charge in [0.05, 0.1) is 5.56 Å². The lowest BCUT2D eigenvalue weighted by molar-refractivity contribution is 0.442. The van der Waals surface area contributed by atoms with Crippen molar-refractivity contribution in [2.75, 3.05) is 5.73 Å². The molecule has 106 valence electrons. The Hall–Kier alpha value is -2.10. The van der Waals surface area contributed by atoms with E-state index < -0.39 is 0 Å². The summed E-state index contributed by atoms with van der Waals surface area (Å²) in [5.41, 5.74) is 7.74. The van der Waals surface area contributed by atoms with Crippen LogP contribution in [0.3, 0.4) is 0 Å². The predicted octanol–water partition coefficient (Wildman–Crippen LogP) is 3.77. The predicted molar refractivity (Wildman–Crippen MR) is 81.1 cm³/mol. The Kier molecular flexibility index (Phi) is 3.66. The van der Waals surface area contributed by atoms with E-state index in [2.05, 4.69) is 9.97 Å². The maximum absolute atomic E-state index is 5.96. The minimum absolute atomic E-state index is 0.173. The number of benzene rings is 1. The zero-order valence-electron chi connectivity index (χ0n) is 12.7. The second kappa shape index (κ2) is 5.12. The number of anilines is 1. The van der Waals surface area contributed by atoms with Crippen molar-refractivity contribution in [2.24, 2.45) is 0 Å². The normalized spacial score (nSPS) is 11.4. The van der Waals surface area contributed by atoms with E-state index in [0.29, 0.717) is 17.5 Å². The van der Waals surface area contributed by atoms with Crippen LogP contribution in [-0.2, 0) is 5.41 Å². The van der Waals surface area contributed by atoms with Crippen LogP contribution in [0.5, 0.6) is 11.6 Å². The average molecular weight is 271 g/mol. The topological polar surface area (TPSA) is 61.0 Å². The lowest BCUT2D eigenvalue weighted by Gasteiger charge is -2.19. The second-order valence-electron chi connectivity index (χ2n) is 6.03. The molecule has 0 spiro atoms. The molecular weight excluding hydrogens is 250 g/mol. The molecule has 2 aromatic rings. The number of rotatable bonds is 2. The highest BCUT2D eigenvalue weighted by Gasteiger charge is 2.21. The summed E-state index contributed by atoms with van der Waals surface area (Å²) in [6.45, 7) is 10.0. The molecule has 4 nitrogen and oxygen atoms in total. The third kappa shape index (κ3) is 3.07. The van der Waals surface area contributed by atoms with Gasteiger partial charge in [-0.25, -0.2) is 4.98 Å². The zero-order valence-corrected chi connectivity index (χ0v) is 12.7. The second-order valence-corrected chi connectivity index (χ2v) is 6.03. The van der Waals surface area contributed by atoms with Crippen LogP contribution >= 0.6 is 0 Å². The summed E-state index contributed by atoms with van der Waals surface area (Å²) in [5, 5.41) is 0. The molecule has 0 atom stereocenters. The van der Waals surface area contributed by atoms with Crippen molar-refractivity contribution >= 4 is 5.82 Å². The van der Waals surface area contributed by atoms with Gasteiger partial charge in [0.2, 0.25) is 5.88 Å². The molecule has 1 aromatic heterocycles. The number of nitrogens with two attached hydrogens (primary N) is 1. The Morgan fingerprint density at radius 3 is 2.15 bits per heavy atom. The molecule has 0 aliphatic heterocycles. The molecule has 0 aliphatic rings. The summed E-state index contributed by atoms with van der Waals surface area (Å²) in [7, 11) is 0. The Balaban J connectivity index is 2.40. The molecule has 2 N–H and O–H groups in total. The minimum atomic E-state index is -0.173. The van der Waals surface area contributed by atoms with Gasteiger partial charge in [0.15, 0.2) is 0 Å². The Morgan fingerprint density at radius 1 is 1.00 bits per heavy atom. The lowest BCUT2D eigenvalue weighted by Crippen LogP contribution is -2.18. The third-order valence-corrected chi connectivity index (χ3v) is 3.05. The van der Waals surface area contributed by atoms with E-state index in [1.165, 1.54) is 5.56 Å². The van der Waals surface area contributed by atoms with E-state index in [1.807, 2.05) is 58.9 Å². The molecule has 0 aliphatic carbocycles. The van der Waals surface area contributed by atoms with Crippen molar-refractivity contribution in [1.29, 1.82) is 0 Å². The number of nitrogens with zero attached hydrogens (tertiary/aromatic N) is 2. The first-order valence-corrected chi connectivity index (χ1v) is 6.66. The van der Waals surface area contributed by atoms with Gasteiger partial charge in [0, 0.05) is 5.41 Å². The summed E-state index contributed by atoms with van der Waals surface area (Å²) in [6.07, 6.45) is 0. The summed E-state index contributed by atoms with van der Waals surface area (Å²) >= 11 is 0. The highest BCUT2D eigenvalue weighted by molar-refractivity contribution is 5.46. The number of aromatic nitrogens is 2. The van der Waals surface area contributed by atoms with Gasteiger partial charge in [-0.1, -0.05) is 38.5 Å². The van der Waals surface area contributed by atoms with Gasteiger partial charge in [-0.15, -0.1) is 0 Å². The van der Waals surface area contributed by atoms with Gasteiger partial charge in [0.25, 0.3) is 0 Å². The van der Waals surface area contributed by atoms with Crippen LogP contribution in [0.1, 0.15) is 37.7 Å². The first-order valence-electron chi connectivity index (χ1n) is 6.66. The van der Waals surface area contributed by atoms with E-state index in [9.17, 15) is 0 Å². The summed E-state index contributed by atoms with van der Waals surface area (Å²) < 4.78 is 5.85. The largest absolute Gasteiger partial charge is 0.439 e. The van der Waals surface area contributed by atoms with Crippen molar-refractivity contribution in [1.82, 2.24) is 9.97 Å². The number of hydrogen-bond acceptors (Lipinski definition) is 4. The van der Waals surface area contributed by atoms with Gasteiger partial charge >= 0.3 is 0 Å². The van der Waals surface area contributed by atoms with E-state index >= 15 is 0 Å². The fourth-order valence-corrected chi connectivity index (χ4v) is 1.67. The maximum atomic E-state index is 5.96. The first-order chi connectivity index (χ1) is 9.27. The summed E-state index contributed by atoms with van der Waals surface area (Å²) in [5.74, 6) is 2.41. The lowest BCUT2D eigenvalue weighted by atomic mass is 9.95. The van der Waals surface area contributed by atoms with E-state index in [-0.39, 0.29) is 5.41 Å². The molecule has 0 saturated heterocycles. The number of hydrogen-bond donors (Lipinski definition) is 1. The fraction of sp³-hybridized carbons (Fsp3) is 0.375. The molecule has 0 bridgehead atoms. The quantitative estimate of drug-likeness (QED) is 0.903. The van der Waals surface area contributed by atoms with Crippen molar-refractivity contribution in [3.05, 3.63) is 41.2 Å². The van der Waals surface area contributed by atoms with E-state index in [0.717, 1.165) is 11.3 Å². The molecule has 2 rings (SSSR count). The molecule has 0 radical (unpaired) electrons. The Labute approximate surface area is 120 Å². The Bertz CT molecular complexity index is 613. The molecule has 0 saturated carbocycles. The maximum Gasteiger partial charge on any atom is 0.227 e. The highest BCUT2D eigenvalue weighted by atomic mass is 16.5. The molecule has 0 amide bonds. The number of aryl methyl sites for hydroxylation is 1. The number of ether oxygens (including phenoxy) is 1. The summed E-state index contributed by atoms with van der Waals surface area (Å²) in [4.78, 5) is 8.86. The highest BCUT2D eigenvalue weighted by Crippen LogP contribution is 2.29. The van der Waals surface area contributed by atoms with Crippen LogP contribution in [-0.4, -0.2) is 9.97 Å². The van der Waals surface area contributed by atoms with Crippen LogP contribution in [0, 0.1) is 13.8 Å². The van der Waals surface area contributed by atoms with Crippen LogP contribution < -0.4 is 10.5 Å². The molecule has 0 unspecified atom stereocenters. The zero-order chi connectivity index (χ0) is 14.9. The van der Waals surface area contributed by atoms with Gasteiger partial charge in [-0.2, -0.15) is 4.98 Å². The molecular formula is C16H21N3O. The Morgan fingerprint density at radius 2 is 1.60 bits per heavy atom. The van der Waals surface area contributed by atoms with Gasteiger partial charge in [-0.05, 0) is 26.0 Å². The smallest absolute Gasteiger partial charge is 0.227 e. The van der Waals surface area contributed by atoms with Crippen molar-refractivity contribution < 1.29 is 4.74 Å². The van der Waals surface area contributed by atoms with E-state index in [4.69, 9.17) is 10.5 Å². The standard InChI is InChI=1S/C16H21N3O/c1-10-6-8-12(9-7-10)20-14-11(2)13(17)18-15(19-14)16(3,4)5/h6-9H,1-5H3,(H2,17,18,19). The van der Waals surface area contributed by atoms with Crippen LogP contribution in [0.2, 0.25) is 0 Å². The van der Waals surface area contributed by atoms with Gasteiger partial charge in [0.1, 0.15) is 17.4 Å². The monoisotopic (exact) mass is 271 g/mol. The van der Waals surface area contributed by atoms with Crippen molar-refractivity contribution in [3.8, 4) is 11.6 Å². The van der Waals surface area contributed by atoms with E-state index in [1.54, 1.807) is 0 Å². The molecule has 1 aromatic carbocycles.